The lowest BCUT2D eigenvalue weighted by molar-refractivity contribution is -0.140. The molecule has 2 aromatic carbocycles. The fourth-order valence-electron chi connectivity index (χ4n) is 1.57. The van der Waals surface area contributed by atoms with E-state index in [1.54, 1.807) is 0 Å². The number of benzene rings is 2. The topological polar surface area (TPSA) is 33.0 Å². The molecule has 0 spiro atoms. The lowest BCUT2D eigenvalue weighted by Crippen LogP contribution is -2.08. The van der Waals surface area contributed by atoms with Crippen LogP contribution in [0.2, 0.25) is 0 Å². The minimum Gasteiger partial charge on any atom is -0.457 e. The molecule has 0 aliphatic rings. The van der Waals surface area contributed by atoms with Crippen LogP contribution in [0.5, 0.6) is 11.5 Å². The average molecular weight is 360 g/mol. The van der Waals surface area contributed by atoms with Gasteiger partial charge in [-0.25, -0.2) is 4.39 Å². The van der Waals surface area contributed by atoms with Crippen molar-refractivity contribution in [3.05, 3.63) is 57.8 Å². The van der Waals surface area contributed by atoms with Crippen LogP contribution in [-0.4, -0.2) is 0 Å². The van der Waals surface area contributed by atoms with Crippen molar-refractivity contribution in [1.29, 1.82) is 5.26 Å². The van der Waals surface area contributed by atoms with Crippen molar-refractivity contribution in [2.75, 3.05) is 0 Å². The highest BCUT2D eigenvalue weighted by molar-refractivity contribution is 9.10. The molecule has 108 valence electrons. The van der Waals surface area contributed by atoms with Crippen molar-refractivity contribution in [3.63, 3.8) is 0 Å². The minimum atomic E-state index is -4.80. The van der Waals surface area contributed by atoms with Crippen LogP contribution in [0.1, 0.15) is 11.1 Å². The van der Waals surface area contributed by atoms with Gasteiger partial charge < -0.3 is 4.74 Å². The van der Waals surface area contributed by atoms with Gasteiger partial charge in [0, 0.05) is 4.47 Å². The molecule has 2 nitrogen and oxygen atoms in total. The molecule has 2 aromatic rings. The number of hydrogen-bond donors (Lipinski definition) is 0. The molecular weight excluding hydrogens is 354 g/mol. The van der Waals surface area contributed by atoms with Crippen molar-refractivity contribution in [2.45, 2.75) is 6.18 Å². The highest BCUT2D eigenvalue weighted by Crippen LogP contribution is 2.35. The van der Waals surface area contributed by atoms with Crippen LogP contribution < -0.4 is 4.74 Å². The van der Waals surface area contributed by atoms with E-state index in [1.165, 1.54) is 18.2 Å². The molecule has 0 saturated carbocycles. The summed E-state index contributed by atoms with van der Waals surface area (Å²) in [5, 5.41) is 8.77. The van der Waals surface area contributed by atoms with E-state index in [-0.39, 0.29) is 11.5 Å². The summed E-state index contributed by atoms with van der Waals surface area (Å²) in [7, 11) is 0. The molecule has 7 heteroatoms. The maximum absolute atomic E-state index is 13.1. The van der Waals surface area contributed by atoms with Crippen molar-refractivity contribution in [3.8, 4) is 17.6 Å². The van der Waals surface area contributed by atoms with Crippen LogP contribution in [0.15, 0.2) is 40.9 Å². The smallest absolute Gasteiger partial charge is 0.419 e. The number of nitrogens with zero attached hydrogens (tertiary/aromatic N) is 1. The summed E-state index contributed by atoms with van der Waals surface area (Å²) < 4.78 is 56.6. The Labute approximate surface area is 125 Å². The van der Waals surface area contributed by atoms with E-state index < -0.39 is 17.6 Å². The van der Waals surface area contributed by atoms with E-state index in [0.717, 1.165) is 6.07 Å². The van der Waals surface area contributed by atoms with Crippen LogP contribution in [0.4, 0.5) is 17.6 Å². The van der Waals surface area contributed by atoms with Gasteiger partial charge in [0.15, 0.2) is 0 Å². The maximum atomic E-state index is 13.1. The van der Waals surface area contributed by atoms with E-state index in [4.69, 9.17) is 10.00 Å². The third-order valence-corrected chi connectivity index (χ3v) is 3.20. The first kappa shape index (κ1) is 15.3. The quantitative estimate of drug-likeness (QED) is 0.684. The Balaban J connectivity index is 2.33. The van der Waals surface area contributed by atoms with E-state index in [9.17, 15) is 17.6 Å². The summed E-state index contributed by atoms with van der Waals surface area (Å²) in [4.78, 5) is 0. The lowest BCUT2D eigenvalue weighted by atomic mass is 10.2. The third kappa shape index (κ3) is 3.52. The van der Waals surface area contributed by atoms with Gasteiger partial charge in [-0.15, -0.1) is 0 Å². The summed E-state index contributed by atoms with van der Waals surface area (Å²) in [5.41, 5.74) is -1.04. The van der Waals surface area contributed by atoms with E-state index >= 15 is 0 Å². The highest BCUT2D eigenvalue weighted by Gasteiger charge is 2.34. The highest BCUT2D eigenvalue weighted by atomic mass is 79.9. The van der Waals surface area contributed by atoms with Gasteiger partial charge in [0.05, 0.1) is 11.1 Å². The number of hydrogen-bond acceptors (Lipinski definition) is 2. The summed E-state index contributed by atoms with van der Waals surface area (Å²) in [6.07, 6.45) is -4.80. The van der Waals surface area contributed by atoms with Gasteiger partial charge in [-0.2, -0.15) is 18.4 Å². The first-order chi connectivity index (χ1) is 9.81. The number of nitriles is 1. The molecular formula is C14H6BrF4NO. The van der Waals surface area contributed by atoms with Gasteiger partial charge in [0.2, 0.25) is 0 Å². The van der Waals surface area contributed by atoms with Gasteiger partial charge in [-0.3, -0.25) is 0 Å². The molecule has 21 heavy (non-hydrogen) atoms. The zero-order chi connectivity index (χ0) is 15.6. The van der Waals surface area contributed by atoms with Crippen LogP contribution in [0.25, 0.3) is 0 Å². The van der Waals surface area contributed by atoms with E-state index in [0.29, 0.717) is 22.2 Å². The van der Waals surface area contributed by atoms with E-state index in [1.807, 2.05) is 6.07 Å². The molecule has 0 aromatic heterocycles. The zero-order valence-corrected chi connectivity index (χ0v) is 11.8. The first-order valence-corrected chi connectivity index (χ1v) is 6.35. The fourth-order valence-corrected chi connectivity index (χ4v) is 2.02. The second-order valence-electron chi connectivity index (χ2n) is 3.99. The molecule has 0 atom stereocenters. The lowest BCUT2D eigenvalue weighted by Gasteiger charge is -2.11. The number of halogens is 5. The Kier molecular flexibility index (Phi) is 4.19. The number of ether oxygens (including phenoxy) is 1. The zero-order valence-electron chi connectivity index (χ0n) is 10.2. The van der Waals surface area contributed by atoms with Crippen molar-refractivity contribution < 1.29 is 22.3 Å². The van der Waals surface area contributed by atoms with Gasteiger partial charge in [-0.1, -0.05) is 0 Å². The summed E-state index contributed by atoms with van der Waals surface area (Å²) >= 11 is 3.14. The average Bonchev–Trinajstić information content (AvgIpc) is 2.40. The standard InChI is InChI=1S/C14H6BrF4NO/c15-12-6-10(2-1-8(12)7-20)21-9-3-4-13(16)11(5-9)14(17,18)19/h1-6H. The molecule has 0 N–H and O–H groups in total. The largest absolute Gasteiger partial charge is 0.457 e. The Morgan fingerprint density at radius 1 is 1.05 bits per heavy atom. The molecule has 0 radical (unpaired) electrons. The molecule has 0 amide bonds. The first-order valence-electron chi connectivity index (χ1n) is 5.55. The Hall–Kier alpha value is -2.07. The fraction of sp³-hybridized carbons (Fsp3) is 0.0714. The van der Waals surface area contributed by atoms with Crippen LogP contribution in [0, 0.1) is 17.1 Å². The molecule has 0 unspecified atom stereocenters. The van der Waals surface area contributed by atoms with Crippen LogP contribution in [-0.2, 0) is 6.18 Å². The Morgan fingerprint density at radius 3 is 2.24 bits per heavy atom. The second kappa shape index (κ2) is 5.74. The van der Waals surface area contributed by atoms with Crippen molar-refractivity contribution in [1.82, 2.24) is 0 Å². The Bertz CT molecular complexity index is 722. The summed E-state index contributed by atoms with van der Waals surface area (Å²) in [6.45, 7) is 0. The van der Waals surface area contributed by atoms with Crippen LogP contribution in [0.3, 0.4) is 0 Å². The van der Waals surface area contributed by atoms with Crippen molar-refractivity contribution in [2.24, 2.45) is 0 Å². The van der Waals surface area contributed by atoms with Gasteiger partial charge >= 0.3 is 6.18 Å². The van der Waals surface area contributed by atoms with E-state index in [2.05, 4.69) is 15.9 Å². The number of rotatable bonds is 2. The molecule has 0 aliphatic carbocycles. The van der Waals surface area contributed by atoms with Crippen LogP contribution >= 0.6 is 15.9 Å². The molecule has 2 rings (SSSR count). The van der Waals surface area contributed by atoms with Gasteiger partial charge in [-0.05, 0) is 52.3 Å². The molecule has 0 fully saturated rings. The van der Waals surface area contributed by atoms with Gasteiger partial charge in [0.25, 0.3) is 0 Å². The Morgan fingerprint density at radius 2 is 1.67 bits per heavy atom. The summed E-state index contributed by atoms with van der Waals surface area (Å²) in [5.74, 6) is -1.29. The SMILES string of the molecule is N#Cc1ccc(Oc2ccc(F)c(C(F)(F)F)c2)cc1Br. The molecule has 0 aliphatic heterocycles. The predicted molar refractivity (Wildman–Crippen MR) is 70.3 cm³/mol. The molecule has 0 heterocycles. The minimum absolute atomic E-state index is 0.152. The second-order valence-corrected chi connectivity index (χ2v) is 4.85. The monoisotopic (exact) mass is 359 g/mol. The maximum Gasteiger partial charge on any atom is 0.419 e. The predicted octanol–water partition coefficient (Wildman–Crippen LogP) is 5.27. The summed E-state index contributed by atoms with van der Waals surface area (Å²) in [6, 6.07) is 8.61. The molecule has 0 bridgehead atoms. The van der Waals surface area contributed by atoms with Gasteiger partial charge in [0.1, 0.15) is 23.4 Å². The molecule has 0 saturated heterocycles. The number of alkyl halides is 3. The normalized spacial score (nSPS) is 11.0. The third-order valence-electron chi connectivity index (χ3n) is 2.54. The van der Waals surface area contributed by atoms with Crippen molar-refractivity contribution >= 4 is 15.9 Å².